The average Bonchev–Trinajstić information content (AvgIpc) is 2.41. The van der Waals surface area contributed by atoms with Gasteiger partial charge in [-0.2, -0.15) is 0 Å². The van der Waals surface area contributed by atoms with Crippen LogP contribution < -0.4 is 4.74 Å². The van der Waals surface area contributed by atoms with E-state index in [9.17, 15) is 4.79 Å². The largest absolute Gasteiger partial charge is 0.494 e. The summed E-state index contributed by atoms with van der Waals surface area (Å²) in [6, 6.07) is 7.48. The first-order valence-corrected chi connectivity index (χ1v) is 7.04. The third-order valence-electron chi connectivity index (χ3n) is 2.98. The van der Waals surface area contributed by atoms with Crippen LogP contribution in [0.25, 0.3) is 0 Å². The fourth-order valence-electron chi connectivity index (χ4n) is 1.75. The minimum absolute atomic E-state index is 0.186. The molecule has 0 radical (unpaired) electrons. The summed E-state index contributed by atoms with van der Waals surface area (Å²) in [4.78, 5) is 13.9. The molecule has 1 aromatic rings. The van der Waals surface area contributed by atoms with Gasteiger partial charge >= 0.3 is 0 Å². The zero-order valence-corrected chi connectivity index (χ0v) is 12.3. The van der Waals surface area contributed by atoms with Gasteiger partial charge in [-0.05, 0) is 44.8 Å². The maximum Gasteiger partial charge on any atom is 0.164 e. The summed E-state index contributed by atoms with van der Waals surface area (Å²) < 4.78 is 5.62. The van der Waals surface area contributed by atoms with Crippen LogP contribution in [0, 0.1) is 0 Å². The lowest BCUT2D eigenvalue weighted by atomic mass is 10.1. The lowest BCUT2D eigenvalue weighted by Crippen LogP contribution is -2.16. The summed E-state index contributed by atoms with van der Waals surface area (Å²) in [7, 11) is 3.95. The number of benzene rings is 1. The second kappa shape index (κ2) is 8.70. The smallest absolute Gasteiger partial charge is 0.164 e. The van der Waals surface area contributed by atoms with Crippen molar-refractivity contribution in [3.63, 3.8) is 0 Å². The number of carbonyl (C=O) groups is 1. The lowest BCUT2D eigenvalue weighted by molar-refractivity contribution is 0.0972. The Morgan fingerprint density at radius 3 is 2.42 bits per heavy atom. The first kappa shape index (κ1) is 15.7. The zero-order chi connectivity index (χ0) is 14.1. The molecule has 0 saturated heterocycles. The Morgan fingerprint density at radius 1 is 1.16 bits per heavy atom. The Morgan fingerprint density at radius 2 is 1.84 bits per heavy atom. The van der Waals surface area contributed by atoms with E-state index in [1.165, 1.54) is 12.8 Å². The average molecular weight is 263 g/mol. The fourth-order valence-corrected chi connectivity index (χ4v) is 1.75. The molecule has 0 atom stereocenters. The van der Waals surface area contributed by atoms with E-state index in [2.05, 4.69) is 6.92 Å². The van der Waals surface area contributed by atoms with E-state index < -0.39 is 0 Å². The van der Waals surface area contributed by atoms with Crippen LogP contribution in [-0.4, -0.2) is 37.9 Å². The molecule has 0 bridgehead atoms. The summed E-state index contributed by atoms with van der Waals surface area (Å²) >= 11 is 0. The summed E-state index contributed by atoms with van der Waals surface area (Å²) in [5.41, 5.74) is 0.766. The number of ketones is 1. The predicted molar refractivity (Wildman–Crippen MR) is 79.0 cm³/mol. The van der Waals surface area contributed by atoms with E-state index in [0.717, 1.165) is 30.9 Å². The van der Waals surface area contributed by atoms with Gasteiger partial charge < -0.3 is 9.64 Å². The SMILES string of the molecule is CCCCCOc1ccc(C(=O)CCN(C)C)cc1. The highest BCUT2D eigenvalue weighted by Crippen LogP contribution is 2.14. The molecule has 0 heterocycles. The van der Waals surface area contributed by atoms with Crippen molar-refractivity contribution in [2.45, 2.75) is 32.6 Å². The van der Waals surface area contributed by atoms with E-state index in [0.29, 0.717) is 6.42 Å². The molecule has 3 nitrogen and oxygen atoms in total. The summed E-state index contributed by atoms with van der Waals surface area (Å²) in [6.45, 7) is 3.71. The standard InChI is InChI=1S/C16H25NO2/c1-4-5-6-13-19-15-9-7-14(8-10-15)16(18)11-12-17(2)3/h7-10H,4-6,11-13H2,1-3H3. The van der Waals surface area contributed by atoms with Gasteiger partial charge in [0.15, 0.2) is 5.78 Å². The van der Waals surface area contributed by atoms with Crippen LogP contribution >= 0.6 is 0 Å². The number of carbonyl (C=O) groups excluding carboxylic acids is 1. The van der Waals surface area contributed by atoms with Gasteiger partial charge in [-0.15, -0.1) is 0 Å². The molecule has 0 aromatic heterocycles. The highest BCUT2D eigenvalue weighted by molar-refractivity contribution is 5.96. The number of unbranched alkanes of at least 4 members (excludes halogenated alkanes) is 2. The van der Waals surface area contributed by atoms with Crippen molar-refractivity contribution in [2.75, 3.05) is 27.2 Å². The molecule has 0 saturated carbocycles. The van der Waals surface area contributed by atoms with E-state index in [4.69, 9.17) is 4.74 Å². The minimum Gasteiger partial charge on any atom is -0.494 e. The Balaban J connectivity index is 2.40. The van der Waals surface area contributed by atoms with Crippen molar-refractivity contribution in [1.29, 1.82) is 0 Å². The molecule has 106 valence electrons. The van der Waals surface area contributed by atoms with Crippen molar-refractivity contribution < 1.29 is 9.53 Å². The third-order valence-corrected chi connectivity index (χ3v) is 2.98. The summed E-state index contributed by atoms with van der Waals surface area (Å²) in [6.07, 6.45) is 4.04. The Kier molecular flexibility index (Phi) is 7.19. The molecule has 19 heavy (non-hydrogen) atoms. The molecule has 0 N–H and O–H groups in total. The monoisotopic (exact) mass is 263 g/mol. The molecule has 1 rings (SSSR count). The topological polar surface area (TPSA) is 29.5 Å². The quantitative estimate of drug-likeness (QED) is 0.505. The van der Waals surface area contributed by atoms with Crippen LogP contribution in [0.15, 0.2) is 24.3 Å². The van der Waals surface area contributed by atoms with Crippen molar-refractivity contribution in [3.05, 3.63) is 29.8 Å². The minimum atomic E-state index is 0.186. The zero-order valence-electron chi connectivity index (χ0n) is 12.3. The van der Waals surface area contributed by atoms with Gasteiger partial charge in [0, 0.05) is 18.5 Å². The number of Topliss-reactive ketones (excluding diaryl/α,β-unsaturated/α-hetero) is 1. The number of hydrogen-bond acceptors (Lipinski definition) is 3. The Hall–Kier alpha value is -1.35. The van der Waals surface area contributed by atoms with Gasteiger partial charge in [0.25, 0.3) is 0 Å². The fraction of sp³-hybridized carbons (Fsp3) is 0.562. The van der Waals surface area contributed by atoms with E-state index in [-0.39, 0.29) is 5.78 Å². The van der Waals surface area contributed by atoms with Crippen LogP contribution in [0.2, 0.25) is 0 Å². The van der Waals surface area contributed by atoms with Crippen LogP contribution in [0.5, 0.6) is 5.75 Å². The highest BCUT2D eigenvalue weighted by Gasteiger charge is 2.06. The Bertz CT molecular complexity index is 371. The maximum absolute atomic E-state index is 11.9. The van der Waals surface area contributed by atoms with Gasteiger partial charge in [0.2, 0.25) is 0 Å². The molecule has 0 aliphatic carbocycles. The molecular weight excluding hydrogens is 238 g/mol. The number of rotatable bonds is 9. The van der Waals surface area contributed by atoms with E-state index in [1.807, 2.05) is 43.3 Å². The molecule has 3 heteroatoms. The maximum atomic E-state index is 11.9. The normalized spacial score (nSPS) is 10.7. The third kappa shape index (κ3) is 6.39. The molecule has 0 fully saturated rings. The second-order valence-electron chi connectivity index (χ2n) is 5.06. The van der Waals surface area contributed by atoms with Gasteiger partial charge in [-0.25, -0.2) is 0 Å². The van der Waals surface area contributed by atoms with Crippen molar-refractivity contribution in [1.82, 2.24) is 4.90 Å². The molecule has 0 aliphatic heterocycles. The molecule has 0 unspecified atom stereocenters. The van der Waals surface area contributed by atoms with Gasteiger partial charge in [0.1, 0.15) is 5.75 Å². The molecular formula is C16H25NO2. The van der Waals surface area contributed by atoms with Crippen molar-refractivity contribution in [3.8, 4) is 5.75 Å². The van der Waals surface area contributed by atoms with Crippen molar-refractivity contribution >= 4 is 5.78 Å². The van der Waals surface area contributed by atoms with Crippen LogP contribution in [0.1, 0.15) is 43.0 Å². The van der Waals surface area contributed by atoms with Crippen molar-refractivity contribution in [2.24, 2.45) is 0 Å². The number of hydrogen-bond donors (Lipinski definition) is 0. The first-order chi connectivity index (χ1) is 9.13. The molecule has 0 aliphatic rings. The van der Waals surface area contributed by atoms with E-state index >= 15 is 0 Å². The molecule has 1 aromatic carbocycles. The van der Waals surface area contributed by atoms with E-state index in [1.54, 1.807) is 0 Å². The van der Waals surface area contributed by atoms with Gasteiger partial charge in [-0.3, -0.25) is 4.79 Å². The molecule has 0 spiro atoms. The van der Waals surface area contributed by atoms with Crippen LogP contribution in [0.3, 0.4) is 0 Å². The first-order valence-electron chi connectivity index (χ1n) is 7.04. The van der Waals surface area contributed by atoms with Gasteiger partial charge in [0.05, 0.1) is 6.61 Å². The number of ether oxygens (including phenoxy) is 1. The Labute approximate surface area is 116 Å². The predicted octanol–water partition coefficient (Wildman–Crippen LogP) is 3.39. The number of nitrogens with zero attached hydrogens (tertiary/aromatic N) is 1. The van der Waals surface area contributed by atoms with Gasteiger partial charge in [-0.1, -0.05) is 19.8 Å². The second-order valence-corrected chi connectivity index (χ2v) is 5.06. The highest BCUT2D eigenvalue weighted by atomic mass is 16.5. The van der Waals surface area contributed by atoms with Crippen LogP contribution in [0.4, 0.5) is 0 Å². The molecule has 0 amide bonds. The summed E-state index contributed by atoms with van der Waals surface area (Å²) in [5.74, 6) is 1.03. The van der Waals surface area contributed by atoms with Crippen LogP contribution in [-0.2, 0) is 0 Å². The summed E-state index contributed by atoms with van der Waals surface area (Å²) in [5, 5.41) is 0. The lowest BCUT2D eigenvalue weighted by Gasteiger charge is -2.09.